The lowest BCUT2D eigenvalue weighted by Crippen LogP contribution is -2.60. The van der Waals surface area contributed by atoms with Crippen LogP contribution in [0.2, 0.25) is 5.02 Å². The van der Waals surface area contributed by atoms with Crippen molar-refractivity contribution < 1.29 is 9.59 Å². The predicted molar refractivity (Wildman–Crippen MR) is 104 cm³/mol. The number of nitrogens with one attached hydrogen (secondary N) is 2. The first-order chi connectivity index (χ1) is 12.2. The molecule has 3 rings (SSSR count). The van der Waals surface area contributed by atoms with Gasteiger partial charge in [-0.3, -0.25) is 4.79 Å². The smallest absolute Gasteiger partial charge is 0.322 e. The standard InChI is InChI=1S/C20H28ClN3O2/c1-20(2,3)18(25)22-15-11-16-8-5-9-17(12-15)24(16)19(26)23-14-7-4-6-13(21)10-14/h4,6-7,10,15-17H,5,8-9,11-12H2,1-3H3,(H,22,25)(H,23,26)/t15?,16-,17+. The van der Waals surface area contributed by atoms with Gasteiger partial charge in [0.25, 0.3) is 0 Å². The van der Waals surface area contributed by atoms with Crippen LogP contribution in [0.15, 0.2) is 24.3 Å². The summed E-state index contributed by atoms with van der Waals surface area (Å²) in [4.78, 5) is 27.2. The van der Waals surface area contributed by atoms with E-state index in [1.807, 2.05) is 37.8 Å². The first-order valence-corrected chi connectivity index (χ1v) is 9.77. The number of carbonyl (C=O) groups is 2. The molecule has 142 valence electrons. The van der Waals surface area contributed by atoms with Crippen LogP contribution in [0.25, 0.3) is 0 Å². The fraction of sp³-hybridized carbons (Fsp3) is 0.600. The van der Waals surface area contributed by atoms with Gasteiger partial charge in [0.2, 0.25) is 5.91 Å². The Morgan fingerprint density at radius 3 is 2.38 bits per heavy atom. The normalized spacial score (nSPS) is 25.5. The number of hydrogen-bond acceptors (Lipinski definition) is 2. The summed E-state index contributed by atoms with van der Waals surface area (Å²) in [5.41, 5.74) is 0.319. The zero-order valence-electron chi connectivity index (χ0n) is 15.7. The molecule has 1 aromatic carbocycles. The molecule has 2 N–H and O–H groups in total. The highest BCUT2D eigenvalue weighted by Crippen LogP contribution is 2.35. The Morgan fingerprint density at radius 1 is 1.15 bits per heavy atom. The lowest BCUT2D eigenvalue weighted by Gasteiger charge is -2.49. The van der Waals surface area contributed by atoms with Gasteiger partial charge in [-0.1, -0.05) is 38.4 Å². The van der Waals surface area contributed by atoms with E-state index >= 15 is 0 Å². The molecule has 6 heteroatoms. The number of rotatable bonds is 2. The van der Waals surface area contributed by atoms with Crippen molar-refractivity contribution in [1.29, 1.82) is 0 Å². The van der Waals surface area contributed by atoms with Gasteiger partial charge in [-0.2, -0.15) is 0 Å². The third-order valence-electron chi connectivity index (χ3n) is 5.30. The summed E-state index contributed by atoms with van der Waals surface area (Å²) >= 11 is 6.01. The van der Waals surface area contributed by atoms with Crippen molar-refractivity contribution in [1.82, 2.24) is 10.2 Å². The molecule has 3 amide bonds. The minimum Gasteiger partial charge on any atom is -0.353 e. The molecule has 0 aromatic heterocycles. The minimum atomic E-state index is -0.393. The fourth-order valence-electron chi connectivity index (χ4n) is 3.99. The van der Waals surface area contributed by atoms with E-state index in [9.17, 15) is 9.59 Å². The molecule has 1 aromatic rings. The molecule has 2 heterocycles. The van der Waals surface area contributed by atoms with Gasteiger partial charge in [0.1, 0.15) is 0 Å². The van der Waals surface area contributed by atoms with Crippen molar-refractivity contribution in [3.63, 3.8) is 0 Å². The molecule has 26 heavy (non-hydrogen) atoms. The second-order valence-electron chi connectivity index (χ2n) is 8.48. The van der Waals surface area contributed by atoms with E-state index in [0.29, 0.717) is 10.7 Å². The molecule has 1 unspecified atom stereocenters. The highest BCUT2D eigenvalue weighted by atomic mass is 35.5. The molecular weight excluding hydrogens is 350 g/mol. The van der Waals surface area contributed by atoms with E-state index in [1.54, 1.807) is 12.1 Å². The summed E-state index contributed by atoms with van der Waals surface area (Å²) in [6, 6.07) is 7.64. The number of halogens is 1. The average Bonchev–Trinajstić information content (AvgIpc) is 2.53. The quantitative estimate of drug-likeness (QED) is 0.801. The topological polar surface area (TPSA) is 61.4 Å². The lowest BCUT2D eigenvalue weighted by molar-refractivity contribution is -0.129. The number of piperidine rings is 2. The number of fused-ring (bicyclic) bond motifs is 2. The Kier molecular flexibility index (Phi) is 5.47. The Labute approximate surface area is 160 Å². The van der Waals surface area contributed by atoms with Crippen molar-refractivity contribution >= 4 is 29.2 Å². The number of amides is 3. The van der Waals surface area contributed by atoms with E-state index in [4.69, 9.17) is 11.6 Å². The number of hydrogen-bond donors (Lipinski definition) is 2. The molecule has 0 radical (unpaired) electrons. The maximum absolute atomic E-state index is 12.9. The monoisotopic (exact) mass is 377 g/mol. The van der Waals surface area contributed by atoms with Gasteiger partial charge < -0.3 is 15.5 Å². The molecular formula is C20H28ClN3O2. The largest absolute Gasteiger partial charge is 0.353 e. The maximum Gasteiger partial charge on any atom is 0.322 e. The van der Waals surface area contributed by atoms with E-state index in [0.717, 1.165) is 32.1 Å². The van der Waals surface area contributed by atoms with Crippen LogP contribution in [0.5, 0.6) is 0 Å². The van der Waals surface area contributed by atoms with Crippen molar-refractivity contribution in [2.45, 2.75) is 71.0 Å². The minimum absolute atomic E-state index is 0.0671. The number of nitrogens with zero attached hydrogens (tertiary/aromatic N) is 1. The van der Waals surface area contributed by atoms with E-state index in [-0.39, 0.29) is 30.1 Å². The van der Waals surface area contributed by atoms with Gasteiger partial charge >= 0.3 is 6.03 Å². The van der Waals surface area contributed by atoms with E-state index < -0.39 is 5.41 Å². The molecule has 0 spiro atoms. The first kappa shape index (κ1) is 19.0. The number of anilines is 1. The van der Waals surface area contributed by atoms with Crippen LogP contribution in [0, 0.1) is 5.41 Å². The number of urea groups is 1. The van der Waals surface area contributed by atoms with Crippen molar-refractivity contribution in [2.75, 3.05) is 5.32 Å². The Bertz CT molecular complexity index is 672. The molecule has 2 saturated heterocycles. The molecule has 3 atom stereocenters. The molecule has 2 fully saturated rings. The second kappa shape index (κ2) is 7.47. The van der Waals surface area contributed by atoms with Gasteiger partial charge in [-0.05, 0) is 50.3 Å². The predicted octanol–water partition coefficient (Wildman–Crippen LogP) is 4.42. The molecule has 2 aliphatic heterocycles. The van der Waals surface area contributed by atoms with Crippen molar-refractivity contribution in [3.8, 4) is 0 Å². The Balaban J connectivity index is 1.67. The van der Waals surface area contributed by atoms with Crippen LogP contribution in [-0.2, 0) is 4.79 Å². The second-order valence-corrected chi connectivity index (χ2v) is 8.91. The number of carbonyl (C=O) groups excluding carboxylic acids is 2. The highest BCUT2D eigenvalue weighted by molar-refractivity contribution is 6.30. The molecule has 5 nitrogen and oxygen atoms in total. The van der Waals surface area contributed by atoms with Gasteiger partial charge in [0.15, 0.2) is 0 Å². The third-order valence-corrected chi connectivity index (χ3v) is 5.54. The summed E-state index contributed by atoms with van der Waals surface area (Å²) in [6.45, 7) is 5.78. The highest BCUT2D eigenvalue weighted by Gasteiger charge is 2.41. The van der Waals surface area contributed by atoms with Crippen LogP contribution >= 0.6 is 11.6 Å². The van der Waals surface area contributed by atoms with Crippen LogP contribution in [0.3, 0.4) is 0 Å². The lowest BCUT2D eigenvalue weighted by atomic mass is 9.81. The summed E-state index contributed by atoms with van der Waals surface area (Å²) in [5, 5.41) is 6.77. The Hall–Kier alpha value is -1.75. The summed E-state index contributed by atoms with van der Waals surface area (Å²) in [7, 11) is 0. The summed E-state index contributed by atoms with van der Waals surface area (Å²) in [6.07, 6.45) is 4.75. The van der Waals surface area contributed by atoms with Crippen molar-refractivity contribution in [2.24, 2.45) is 5.41 Å². The third kappa shape index (κ3) is 4.32. The van der Waals surface area contributed by atoms with E-state index in [2.05, 4.69) is 10.6 Å². The molecule has 0 aliphatic carbocycles. The zero-order chi connectivity index (χ0) is 18.9. The van der Waals surface area contributed by atoms with E-state index in [1.165, 1.54) is 0 Å². The summed E-state index contributed by atoms with van der Waals surface area (Å²) in [5.74, 6) is 0.0809. The molecule has 2 bridgehead atoms. The van der Waals surface area contributed by atoms with Gasteiger partial charge in [-0.15, -0.1) is 0 Å². The van der Waals surface area contributed by atoms with Crippen LogP contribution in [-0.4, -0.2) is 35.0 Å². The average molecular weight is 378 g/mol. The van der Waals surface area contributed by atoms with Gasteiger partial charge in [-0.25, -0.2) is 4.79 Å². The van der Waals surface area contributed by atoms with Crippen LogP contribution in [0.4, 0.5) is 10.5 Å². The van der Waals surface area contributed by atoms with Gasteiger partial charge in [0.05, 0.1) is 0 Å². The first-order valence-electron chi connectivity index (χ1n) is 9.40. The maximum atomic E-state index is 12.9. The summed E-state index contributed by atoms with van der Waals surface area (Å²) < 4.78 is 0. The number of benzene rings is 1. The Morgan fingerprint density at radius 2 is 1.81 bits per heavy atom. The molecule has 2 aliphatic rings. The van der Waals surface area contributed by atoms with Crippen LogP contribution in [0.1, 0.15) is 52.9 Å². The zero-order valence-corrected chi connectivity index (χ0v) is 16.5. The molecule has 0 saturated carbocycles. The SMILES string of the molecule is CC(C)(C)C(=O)NC1C[C@H]2CCC[C@@H](C1)N2C(=O)Nc1cccc(Cl)c1. The van der Waals surface area contributed by atoms with Gasteiger partial charge in [0, 0.05) is 34.3 Å². The fourth-order valence-corrected chi connectivity index (χ4v) is 4.18. The van der Waals surface area contributed by atoms with Crippen LogP contribution < -0.4 is 10.6 Å². The van der Waals surface area contributed by atoms with Crippen molar-refractivity contribution in [3.05, 3.63) is 29.3 Å².